The Morgan fingerprint density at radius 1 is 1.03 bits per heavy atom. The number of anilines is 1. The Balaban J connectivity index is 1.43. The Hall–Kier alpha value is -3.78. The quantitative estimate of drug-likeness (QED) is 0.518. The molecule has 0 bridgehead atoms. The number of hydrogen-bond acceptors (Lipinski definition) is 5. The van der Waals surface area contributed by atoms with Gasteiger partial charge in [0.2, 0.25) is 0 Å². The van der Waals surface area contributed by atoms with Crippen molar-refractivity contribution < 1.29 is 9.59 Å². The molecule has 0 atom stereocenters. The zero-order valence-electron chi connectivity index (χ0n) is 16.1. The van der Waals surface area contributed by atoms with Gasteiger partial charge in [0.1, 0.15) is 10.5 Å². The fourth-order valence-corrected chi connectivity index (χ4v) is 3.73. The second-order valence-corrected chi connectivity index (χ2v) is 7.62. The number of aromatic amines is 1. The fourth-order valence-electron chi connectivity index (χ4n) is 3.00. The van der Waals surface area contributed by atoms with E-state index in [1.807, 2.05) is 11.4 Å². The third-order valence-electron chi connectivity index (χ3n) is 4.52. The van der Waals surface area contributed by atoms with Gasteiger partial charge in [-0.25, -0.2) is 4.98 Å². The largest absolute Gasteiger partial charge is 0.334 e. The summed E-state index contributed by atoms with van der Waals surface area (Å²) >= 11 is 1.33. The van der Waals surface area contributed by atoms with Gasteiger partial charge in [-0.3, -0.25) is 14.4 Å². The van der Waals surface area contributed by atoms with E-state index in [1.165, 1.54) is 16.2 Å². The van der Waals surface area contributed by atoms with Crippen LogP contribution in [0.1, 0.15) is 26.5 Å². The minimum Gasteiger partial charge on any atom is -0.334 e. The standard InChI is InChI=1S/C22H18N4O3S/c1-26(13-18-24-17-11-12-30-19(17)21(28)25-18)22(29)15-7-9-16(10-8-15)23-20(27)14-5-3-2-4-6-14/h2-12H,13H2,1H3,(H,23,27)(H,24,25,28). The lowest BCUT2D eigenvalue weighted by molar-refractivity contribution is 0.0781. The van der Waals surface area contributed by atoms with Crippen molar-refractivity contribution in [2.24, 2.45) is 0 Å². The minimum atomic E-state index is -0.219. The molecule has 7 nitrogen and oxygen atoms in total. The van der Waals surface area contributed by atoms with Crippen molar-refractivity contribution >= 4 is 39.1 Å². The van der Waals surface area contributed by atoms with Crippen LogP contribution in [0.4, 0.5) is 5.69 Å². The van der Waals surface area contributed by atoms with Gasteiger partial charge in [0, 0.05) is 23.9 Å². The number of rotatable bonds is 5. The van der Waals surface area contributed by atoms with E-state index >= 15 is 0 Å². The van der Waals surface area contributed by atoms with Gasteiger partial charge in [-0.2, -0.15) is 0 Å². The van der Waals surface area contributed by atoms with E-state index in [9.17, 15) is 14.4 Å². The van der Waals surface area contributed by atoms with E-state index in [1.54, 1.807) is 61.6 Å². The van der Waals surface area contributed by atoms with Crippen molar-refractivity contribution in [3.8, 4) is 0 Å². The van der Waals surface area contributed by atoms with Gasteiger partial charge in [-0.15, -0.1) is 11.3 Å². The van der Waals surface area contributed by atoms with E-state index in [0.717, 1.165) is 0 Å². The number of nitrogens with one attached hydrogen (secondary N) is 2. The number of thiophene rings is 1. The van der Waals surface area contributed by atoms with Gasteiger partial charge in [0.25, 0.3) is 17.4 Å². The fraction of sp³-hybridized carbons (Fsp3) is 0.0909. The first kappa shape index (κ1) is 19.5. The summed E-state index contributed by atoms with van der Waals surface area (Å²) < 4.78 is 0.570. The predicted molar refractivity (Wildman–Crippen MR) is 117 cm³/mol. The van der Waals surface area contributed by atoms with Gasteiger partial charge in [0.05, 0.1) is 12.1 Å². The summed E-state index contributed by atoms with van der Waals surface area (Å²) in [6, 6.07) is 17.3. The molecule has 0 aliphatic rings. The first-order valence-corrected chi connectivity index (χ1v) is 10.1. The van der Waals surface area contributed by atoms with Crippen LogP contribution in [-0.4, -0.2) is 33.7 Å². The molecule has 2 aromatic carbocycles. The third kappa shape index (κ3) is 4.13. The van der Waals surface area contributed by atoms with Crippen LogP contribution in [0.3, 0.4) is 0 Å². The lowest BCUT2D eigenvalue weighted by atomic mass is 10.1. The molecule has 0 aliphatic heterocycles. The summed E-state index contributed by atoms with van der Waals surface area (Å²) in [5.41, 5.74) is 2.04. The highest BCUT2D eigenvalue weighted by atomic mass is 32.1. The van der Waals surface area contributed by atoms with Crippen LogP contribution in [0.25, 0.3) is 10.2 Å². The monoisotopic (exact) mass is 418 g/mol. The van der Waals surface area contributed by atoms with E-state index in [-0.39, 0.29) is 23.9 Å². The highest BCUT2D eigenvalue weighted by molar-refractivity contribution is 7.17. The van der Waals surface area contributed by atoms with E-state index in [0.29, 0.717) is 32.9 Å². The van der Waals surface area contributed by atoms with Gasteiger partial charge in [-0.1, -0.05) is 18.2 Å². The number of H-pyrrole nitrogens is 1. The van der Waals surface area contributed by atoms with Gasteiger partial charge in [-0.05, 0) is 47.8 Å². The number of fused-ring (bicyclic) bond motifs is 1. The van der Waals surface area contributed by atoms with Crippen LogP contribution in [0.2, 0.25) is 0 Å². The smallest absolute Gasteiger partial charge is 0.268 e. The number of aromatic nitrogens is 2. The normalized spacial score (nSPS) is 10.7. The molecule has 8 heteroatoms. The maximum Gasteiger partial charge on any atom is 0.268 e. The van der Waals surface area contributed by atoms with Crippen LogP contribution >= 0.6 is 11.3 Å². The molecule has 0 aliphatic carbocycles. The van der Waals surface area contributed by atoms with Crippen LogP contribution in [0.15, 0.2) is 70.8 Å². The van der Waals surface area contributed by atoms with Crippen molar-refractivity contribution in [2.75, 3.05) is 12.4 Å². The van der Waals surface area contributed by atoms with Crippen LogP contribution in [0.5, 0.6) is 0 Å². The van der Waals surface area contributed by atoms with Crippen LogP contribution < -0.4 is 10.9 Å². The zero-order valence-corrected chi connectivity index (χ0v) is 16.9. The number of nitrogens with zero attached hydrogens (tertiary/aromatic N) is 2. The Morgan fingerprint density at radius 3 is 2.50 bits per heavy atom. The first-order valence-electron chi connectivity index (χ1n) is 9.19. The summed E-state index contributed by atoms with van der Waals surface area (Å²) in [6.45, 7) is 0.173. The molecule has 2 N–H and O–H groups in total. The molecule has 4 rings (SSSR count). The lowest BCUT2D eigenvalue weighted by Crippen LogP contribution is -2.28. The average molecular weight is 418 g/mol. The highest BCUT2D eigenvalue weighted by Crippen LogP contribution is 2.16. The molecule has 2 aromatic heterocycles. The zero-order chi connectivity index (χ0) is 21.1. The van der Waals surface area contributed by atoms with Crippen LogP contribution in [-0.2, 0) is 6.54 Å². The van der Waals surface area contributed by atoms with Gasteiger partial charge in [0.15, 0.2) is 0 Å². The number of carbonyl (C=O) groups is 2. The SMILES string of the molecule is CN(Cc1nc2ccsc2c(=O)[nH]1)C(=O)c1ccc(NC(=O)c2ccccc2)cc1. The Labute approximate surface area is 176 Å². The van der Waals surface area contributed by atoms with Crippen molar-refractivity contribution in [1.82, 2.24) is 14.9 Å². The van der Waals surface area contributed by atoms with E-state index < -0.39 is 0 Å². The number of amides is 2. The molecule has 0 saturated heterocycles. The molecule has 0 unspecified atom stereocenters. The van der Waals surface area contributed by atoms with Gasteiger partial charge < -0.3 is 15.2 Å². The summed E-state index contributed by atoms with van der Waals surface area (Å²) in [4.78, 5) is 45.6. The highest BCUT2D eigenvalue weighted by Gasteiger charge is 2.15. The molecule has 0 spiro atoms. The van der Waals surface area contributed by atoms with Gasteiger partial charge >= 0.3 is 0 Å². The van der Waals surface area contributed by atoms with Crippen molar-refractivity contribution in [1.29, 1.82) is 0 Å². The Kier molecular flexibility index (Phi) is 5.40. The van der Waals surface area contributed by atoms with Crippen molar-refractivity contribution in [3.05, 3.63) is 93.3 Å². The summed E-state index contributed by atoms with van der Waals surface area (Å²) in [5.74, 6) is -0.0110. The third-order valence-corrected chi connectivity index (χ3v) is 5.43. The number of benzene rings is 2. The molecule has 0 radical (unpaired) electrons. The number of hydrogen-bond donors (Lipinski definition) is 2. The predicted octanol–water partition coefficient (Wildman–Crippen LogP) is 3.51. The summed E-state index contributed by atoms with van der Waals surface area (Å²) in [6.07, 6.45) is 0. The van der Waals surface area contributed by atoms with E-state index in [2.05, 4.69) is 15.3 Å². The lowest BCUT2D eigenvalue weighted by Gasteiger charge is -2.17. The molecular formula is C22H18N4O3S. The Morgan fingerprint density at radius 2 is 1.77 bits per heavy atom. The molecule has 150 valence electrons. The molecule has 2 heterocycles. The maximum absolute atomic E-state index is 12.7. The average Bonchev–Trinajstić information content (AvgIpc) is 3.23. The molecule has 0 fully saturated rings. The molecule has 0 saturated carbocycles. The molecular weight excluding hydrogens is 400 g/mol. The van der Waals surface area contributed by atoms with E-state index in [4.69, 9.17) is 0 Å². The molecule has 4 aromatic rings. The second-order valence-electron chi connectivity index (χ2n) is 6.71. The topological polar surface area (TPSA) is 95.2 Å². The number of carbonyl (C=O) groups excluding carboxylic acids is 2. The second kappa shape index (κ2) is 8.30. The summed E-state index contributed by atoms with van der Waals surface area (Å²) in [7, 11) is 1.64. The maximum atomic E-state index is 12.7. The minimum absolute atomic E-state index is 0.173. The molecule has 30 heavy (non-hydrogen) atoms. The first-order chi connectivity index (χ1) is 14.5. The Bertz CT molecular complexity index is 1260. The van der Waals surface area contributed by atoms with Crippen LogP contribution in [0, 0.1) is 0 Å². The molecule has 2 amide bonds. The van der Waals surface area contributed by atoms with Crippen molar-refractivity contribution in [3.63, 3.8) is 0 Å². The van der Waals surface area contributed by atoms with Crippen molar-refractivity contribution in [2.45, 2.75) is 6.54 Å². The summed E-state index contributed by atoms with van der Waals surface area (Å²) in [5, 5.41) is 4.61.